The van der Waals surface area contributed by atoms with Gasteiger partial charge in [0.25, 0.3) is 11.8 Å². The number of hydrogen-bond acceptors (Lipinski definition) is 3. The fourth-order valence-corrected chi connectivity index (χ4v) is 3.91. The predicted molar refractivity (Wildman–Crippen MR) is 122 cm³/mol. The van der Waals surface area contributed by atoms with Crippen LogP contribution in [0, 0.1) is 20.8 Å². The Bertz CT molecular complexity index is 1300. The van der Waals surface area contributed by atoms with Crippen LogP contribution in [0.25, 0.3) is 17.0 Å². The number of urea groups is 1. The molecule has 0 unspecified atom stereocenters. The molecule has 156 valence electrons. The van der Waals surface area contributed by atoms with Crippen molar-refractivity contribution < 1.29 is 14.4 Å². The Morgan fingerprint density at radius 3 is 2.45 bits per heavy atom. The van der Waals surface area contributed by atoms with Gasteiger partial charge in [-0.05, 0) is 56.2 Å². The number of rotatable bonds is 4. The first-order chi connectivity index (χ1) is 14.8. The zero-order chi connectivity index (χ0) is 22.3. The highest BCUT2D eigenvalue weighted by molar-refractivity contribution is 6.39. The maximum Gasteiger partial charge on any atom is 0.335 e. The maximum absolute atomic E-state index is 13.3. The fraction of sp³-hybridized carbons (Fsp3) is 0.160. The van der Waals surface area contributed by atoms with Crippen molar-refractivity contribution in [1.29, 1.82) is 0 Å². The largest absolute Gasteiger partial charge is 0.340 e. The number of nitrogens with one attached hydrogen (secondary N) is 1. The van der Waals surface area contributed by atoms with Crippen LogP contribution in [0.15, 0.2) is 60.7 Å². The number of allylic oxidation sites excluding steroid dienone is 1. The Balaban J connectivity index is 1.86. The molecular weight excluding hydrogens is 390 g/mol. The molecule has 6 nitrogen and oxygen atoms in total. The molecule has 1 fully saturated rings. The highest BCUT2D eigenvalue weighted by Gasteiger charge is 2.37. The normalized spacial score (nSPS) is 15.6. The van der Waals surface area contributed by atoms with Crippen molar-refractivity contribution in [3.05, 3.63) is 83.1 Å². The van der Waals surface area contributed by atoms with Gasteiger partial charge < -0.3 is 4.57 Å². The molecule has 4 rings (SSSR count). The Labute approximate surface area is 180 Å². The average molecular weight is 413 g/mol. The molecule has 0 radical (unpaired) electrons. The molecule has 0 saturated carbocycles. The molecule has 2 aromatic carbocycles. The van der Waals surface area contributed by atoms with E-state index in [2.05, 4.69) is 16.5 Å². The summed E-state index contributed by atoms with van der Waals surface area (Å²) in [5.74, 6) is -1.34. The molecule has 1 aliphatic heterocycles. The minimum Gasteiger partial charge on any atom is -0.340 e. The Morgan fingerprint density at radius 1 is 1.00 bits per heavy atom. The molecule has 1 saturated heterocycles. The second-order valence-electron chi connectivity index (χ2n) is 7.64. The third-order valence-electron chi connectivity index (χ3n) is 5.73. The number of benzene rings is 2. The minimum absolute atomic E-state index is 0.0811. The van der Waals surface area contributed by atoms with Gasteiger partial charge in [0.1, 0.15) is 5.57 Å². The first kappa shape index (κ1) is 20.3. The van der Waals surface area contributed by atoms with Gasteiger partial charge in [0, 0.05) is 28.7 Å². The van der Waals surface area contributed by atoms with E-state index in [1.165, 1.54) is 0 Å². The standard InChI is InChI=1S/C25H23N3O3/c1-5-12-27-17(4)20(19-8-6-7-9-22(19)27)14-21-23(29)26-25(31)28(24(21)30)18-11-10-15(2)16(3)13-18/h5-11,13-14H,1,12H2,2-4H3,(H,26,29,31)/b21-14+. The van der Waals surface area contributed by atoms with Crippen molar-refractivity contribution in [2.75, 3.05) is 4.90 Å². The summed E-state index contributed by atoms with van der Waals surface area (Å²) in [4.78, 5) is 39.4. The van der Waals surface area contributed by atoms with Crippen LogP contribution in [-0.2, 0) is 16.1 Å². The number of amides is 4. The third-order valence-corrected chi connectivity index (χ3v) is 5.73. The number of fused-ring (bicyclic) bond motifs is 1. The Morgan fingerprint density at radius 2 is 1.74 bits per heavy atom. The van der Waals surface area contributed by atoms with Crippen LogP contribution in [0.2, 0.25) is 0 Å². The molecule has 0 atom stereocenters. The van der Waals surface area contributed by atoms with Gasteiger partial charge in [-0.3, -0.25) is 14.9 Å². The lowest BCUT2D eigenvalue weighted by Gasteiger charge is -2.26. The van der Waals surface area contributed by atoms with Crippen LogP contribution in [0.1, 0.15) is 22.4 Å². The highest BCUT2D eigenvalue weighted by Crippen LogP contribution is 2.30. The van der Waals surface area contributed by atoms with Crippen LogP contribution in [0.4, 0.5) is 10.5 Å². The van der Waals surface area contributed by atoms with Gasteiger partial charge in [0.15, 0.2) is 0 Å². The van der Waals surface area contributed by atoms with Crippen LogP contribution < -0.4 is 10.2 Å². The number of hydrogen-bond donors (Lipinski definition) is 1. The molecule has 4 amide bonds. The molecule has 0 spiro atoms. The lowest BCUT2D eigenvalue weighted by molar-refractivity contribution is -0.122. The van der Waals surface area contributed by atoms with E-state index in [0.29, 0.717) is 12.2 Å². The van der Waals surface area contributed by atoms with Gasteiger partial charge in [-0.2, -0.15) is 0 Å². The molecule has 6 heteroatoms. The first-order valence-electron chi connectivity index (χ1n) is 10.0. The molecular formula is C25H23N3O3. The van der Waals surface area contributed by atoms with E-state index >= 15 is 0 Å². The SMILES string of the molecule is C=CCn1c(C)c(/C=C2\C(=O)NC(=O)N(c3ccc(C)c(C)c3)C2=O)c2ccccc21. The monoisotopic (exact) mass is 413 g/mol. The summed E-state index contributed by atoms with van der Waals surface area (Å²) in [5, 5.41) is 3.22. The maximum atomic E-state index is 13.3. The number of carbonyl (C=O) groups is 3. The second-order valence-corrected chi connectivity index (χ2v) is 7.64. The van der Waals surface area contributed by atoms with Gasteiger partial charge in [-0.25, -0.2) is 9.69 Å². The summed E-state index contributed by atoms with van der Waals surface area (Å²) in [7, 11) is 0. The van der Waals surface area contributed by atoms with Crippen LogP contribution >= 0.6 is 0 Å². The fourth-order valence-electron chi connectivity index (χ4n) is 3.91. The highest BCUT2D eigenvalue weighted by atomic mass is 16.2. The van der Waals surface area contributed by atoms with Crippen LogP contribution in [0.5, 0.6) is 0 Å². The molecule has 1 aromatic heterocycles. The van der Waals surface area contributed by atoms with Crippen molar-refractivity contribution in [3.63, 3.8) is 0 Å². The summed E-state index contributed by atoms with van der Waals surface area (Å²) in [6.45, 7) is 10.2. The van der Waals surface area contributed by atoms with Gasteiger partial charge in [-0.1, -0.05) is 30.3 Å². The summed E-state index contributed by atoms with van der Waals surface area (Å²) >= 11 is 0. The van der Waals surface area contributed by atoms with Crippen LogP contribution in [-0.4, -0.2) is 22.4 Å². The predicted octanol–water partition coefficient (Wildman–Crippen LogP) is 4.42. The number of carbonyl (C=O) groups excluding carboxylic acids is 3. The molecule has 1 aliphatic rings. The quantitative estimate of drug-likeness (QED) is 0.391. The third kappa shape index (κ3) is 3.36. The van der Waals surface area contributed by atoms with Crippen molar-refractivity contribution >= 4 is 40.5 Å². The molecule has 0 aliphatic carbocycles. The molecule has 3 aromatic rings. The van der Waals surface area contributed by atoms with Crippen LogP contribution in [0.3, 0.4) is 0 Å². The van der Waals surface area contributed by atoms with Crippen molar-refractivity contribution in [2.24, 2.45) is 0 Å². The van der Waals surface area contributed by atoms with Gasteiger partial charge in [0.2, 0.25) is 0 Å². The van der Waals surface area contributed by atoms with E-state index in [-0.39, 0.29) is 5.57 Å². The van der Waals surface area contributed by atoms with Gasteiger partial charge >= 0.3 is 6.03 Å². The lowest BCUT2D eigenvalue weighted by Crippen LogP contribution is -2.54. The molecule has 0 bridgehead atoms. The average Bonchev–Trinajstić information content (AvgIpc) is 2.99. The second kappa shape index (κ2) is 7.72. The number of aromatic nitrogens is 1. The van der Waals surface area contributed by atoms with E-state index in [1.807, 2.05) is 51.1 Å². The van der Waals surface area contributed by atoms with Gasteiger partial charge in [-0.15, -0.1) is 6.58 Å². The number of para-hydroxylation sites is 1. The summed E-state index contributed by atoms with van der Waals surface area (Å²) < 4.78 is 2.08. The first-order valence-corrected chi connectivity index (χ1v) is 10.0. The van der Waals surface area contributed by atoms with E-state index in [1.54, 1.807) is 24.3 Å². The van der Waals surface area contributed by atoms with E-state index in [4.69, 9.17) is 0 Å². The number of anilines is 1. The molecule has 31 heavy (non-hydrogen) atoms. The van der Waals surface area contributed by atoms with Crippen molar-refractivity contribution in [2.45, 2.75) is 27.3 Å². The zero-order valence-corrected chi connectivity index (χ0v) is 17.7. The van der Waals surface area contributed by atoms with E-state index in [0.717, 1.165) is 38.2 Å². The Hall–Kier alpha value is -3.93. The number of barbiturate groups is 1. The van der Waals surface area contributed by atoms with Crippen molar-refractivity contribution in [3.8, 4) is 0 Å². The van der Waals surface area contributed by atoms with Crippen molar-refractivity contribution in [1.82, 2.24) is 9.88 Å². The number of imide groups is 2. The molecule has 2 heterocycles. The van der Waals surface area contributed by atoms with E-state index in [9.17, 15) is 14.4 Å². The number of aryl methyl sites for hydroxylation is 2. The Kier molecular flexibility index (Phi) is 5.07. The minimum atomic E-state index is -0.749. The molecule has 1 N–H and O–H groups in total. The number of nitrogens with zero attached hydrogens (tertiary/aromatic N) is 2. The smallest absolute Gasteiger partial charge is 0.335 e. The zero-order valence-electron chi connectivity index (χ0n) is 17.7. The summed E-state index contributed by atoms with van der Waals surface area (Å²) in [5.41, 5.74) is 5.00. The van der Waals surface area contributed by atoms with E-state index < -0.39 is 17.8 Å². The summed E-state index contributed by atoms with van der Waals surface area (Å²) in [6, 6.07) is 12.4. The van der Waals surface area contributed by atoms with Gasteiger partial charge in [0.05, 0.1) is 5.69 Å². The topological polar surface area (TPSA) is 71.4 Å². The lowest BCUT2D eigenvalue weighted by atomic mass is 10.0. The summed E-state index contributed by atoms with van der Waals surface area (Å²) in [6.07, 6.45) is 3.38.